The molecule has 2 aliphatic rings. The highest BCUT2D eigenvalue weighted by Crippen LogP contribution is 2.36. The van der Waals surface area contributed by atoms with E-state index in [-0.39, 0.29) is 24.2 Å². The predicted octanol–water partition coefficient (Wildman–Crippen LogP) is 1.42. The number of amides is 2. The van der Waals surface area contributed by atoms with Crippen LogP contribution in [-0.2, 0) is 33.3 Å². The molecule has 0 aliphatic carbocycles. The molecule has 1 fully saturated rings. The summed E-state index contributed by atoms with van der Waals surface area (Å²) in [5.74, 6) is -3.20. The summed E-state index contributed by atoms with van der Waals surface area (Å²) in [4.78, 5) is 62.7. The fourth-order valence-electron chi connectivity index (χ4n) is 4.15. The fourth-order valence-corrected chi connectivity index (χ4v) is 4.15. The Hall–Kier alpha value is -3.53. The van der Waals surface area contributed by atoms with Crippen LogP contribution in [0.25, 0.3) is 0 Å². The van der Waals surface area contributed by atoms with Gasteiger partial charge in [0.25, 0.3) is 11.8 Å². The largest absolute Gasteiger partial charge is 0.463 e. The molecule has 10 heteroatoms. The molecule has 0 aromatic heterocycles. The zero-order valence-electron chi connectivity index (χ0n) is 18.5. The average molecular weight is 459 g/mol. The zero-order valence-corrected chi connectivity index (χ0v) is 18.5. The van der Waals surface area contributed by atoms with Crippen molar-refractivity contribution in [2.24, 2.45) is 0 Å². The minimum absolute atomic E-state index is 0.166. The Morgan fingerprint density at radius 3 is 1.97 bits per heavy atom. The first-order chi connectivity index (χ1) is 15.6. The Morgan fingerprint density at radius 2 is 1.48 bits per heavy atom. The molecule has 2 amide bonds. The molecule has 2 heterocycles. The molecule has 10 nitrogen and oxygen atoms in total. The third-order valence-corrected chi connectivity index (χ3v) is 5.33. The number of hydrogen-bond donors (Lipinski definition) is 0. The van der Waals surface area contributed by atoms with E-state index in [1.54, 1.807) is 12.1 Å². The summed E-state index contributed by atoms with van der Waals surface area (Å²) in [5.41, 5.74) is 0.403. The number of ether oxygens (including phenoxy) is 4. The quantitative estimate of drug-likeness (QED) is 0.258. The van der Waals surface area contributed by atoms with Crippen LogP contribution in [0.3, 0.4) is 0 Å². The molecule has 1 aromatic rings. The number of benzene rings is 1. The molecule has 0 unspecified atom stereocenters. The lowest BCUT2D eigenvalue weighted by molar-refractivity contribution is -0.229. The van der Waals surface area contributed by atoms with Crippen molar-refractivity contribution in [2.45, 2.75) is 57.6 Å². The predicted molar refractivity (Wildman–Crippen MR) is 112 cm³/mol. The molecule has 5 atom stereocenters. The highest BCUT2D eigenvalue weighted by atomic mass is 16.6. The van der Waals surface area contributed by atoms with Crippen molar-refractivity contribution in [1.82, 2.24) is 4.90 Å². The first-order valence-electron chi connectivity index (χ1n) is 10.4. The fraction of sp³-hybridized carbons (Fsp3) is 0.435. The third-order valence-electron chi connectivity index (χ3n) is 5.33. The number of carbonyl (C=O) groups excluding carboxylic acids is 5. The van der Waals surface area contributed by atoms with E-state index in [9.17, 15) is 24.0 Å². The van der Waals surface area contributed by atoms with Crippen LogP contribution in [-0.4, -0.2) is 71.7 Å². The van der Waals surface area contributed by atoms with E-state index in [4.69, 9.17) is 18.9 Å². The van der Waals surface area contributed by atoms with Crippen molar-refractivity contribution in [1.29, 1.82) is 0 Å². The standard InChI is InChI=1S/C23H25NO9/c1-5-8-17-19(24-22(28)15-9-6-7-10-16(15)23(24)29)21(32-14(4)27)20(31-13(3)26)18(33-17)11-30-12(2)25/h5-7,9-10,17-21H,1,8,11H2,2-4H3/t17-,18-,19+,20-,21-/m1/s1. The van der Waals surface area contributed by atoms with Crippen LogP contribution in [0, 0.1) is 0 Å². The van der Waals surface area contributed by atoms with E-state index in [1.807, 2.05) is 0 Å². The summed E-state index contributed by atoms with van der Waals surface area (Å²) in [6, 6.07) is 5.18. The SMILES string of the molecule is C=CC[C@H]1O[C@H](COC(C)=O)[C@@H](OC(C)=O)[C@H](OC(C)=O)[C@H]1N1C(=O)c2ccccc2C1=O. The highest BCUT2D eigenvalue weighted by molar-refractivity contribution is 6.21. The van der Waals surface area contributed by atoms with E-state index >= 15 is 0 Å². The van der Waals surface area contributed by atoms with Crippen LogP contribution in [0.2, 0.25) is 0 Å². The molecule has 0 radical (unpaired) electrons. The molecule has 1 aromatic carbocycles. The summed E-state index contributed by atoms with van der Waals surface area (Å²) in [7, 11) is 0. The van der Waals surface area contributed by atoms with Crippen LogP contribution in [0.4, 0.5) is 0 Å². The maximum atomic E-state index is 13.2. The summed E-state index contributed by atoms with van der Waals surface area (Å²) in [5, 5.41) is 0. The van der Waals surface area contributed by atoms with Gasteiger partial charge in [-0.25, -0.2) is 0 Å². The number of esters is 3. The van der Waals surface area contributed by atoms with Gasteiger partial charge in [0.1, 0.15) is 18.8 Å². The highest BCUT2D eigenvalue weighted by Gasteiger charge is 2.56. The number of carbonyl (C=O) groups is 5. The Kier molecular flexibility index (Phi) is 7.27. The van der Waals surface area contributed by atoms with Gasteiger partial charge >= 0.3 is 17.9 Å². The van der Waals surface area contributed by atoms with E-state index in [2.05, 4.69) is 6.58 Å². The van der Waals surface area contributed by atoms with Gasteiger partial charge in [-0.3, -0.25) is 28.9 Å². The number of nitrogens with zero attached hydrogens (tertiary/aromatic N) is 1. The normalized spacial score (nSPS) is 26.4. The molecule has 2 aliphatic heterocycles. The lowest BCUT2D eigenvalue weighted by Gasteiger charge is -2.47. The number of hydrogen-bond acceptors (Lipinski definition) is 9. The van der Waals surface area contributed by atoms with Gasteiger partial charge < -0.3 is 18.9 Å². The van der Waals surface area contributed by atoms with Crippen molar-refractivity contribution < 1.29 is 42.9 Å². The molecular weight excluding hydrogens is 434 g/mol. The Bertz CT molecular complexity index is 953. The maximum Gasteiger partial charge on any atom is 0.303 e. The van der Waals surface area contributed by atoms with Gasteiger partial charge in [-0.1, -0.05) is 18.2 Å². The van der Waals surface area contributed by atoms with Gasteiger partial charge in [0.05, 0.1) is 17.2 Å². The van der Waals surface area contributed by atoms with Crippen molar-refractivity contribution in [3.8, 4) is 0 Å². The first kappa shape index (κ1) is 24.1. The second kappa shape index (κ2) is 9.95. The van der Waals surface area contributed by atoms with Gasteiger partial charge in [0.15, 0.2) is 12.2 Å². The molecule has 0 N–H and O–H groups in total. The summed E-state index contributed by atoms with van der Waals surface area (Å²) in [6.45, 7) is 6.91. The molecule has 1 saturated heterocycles. The lowest BCUT2D eigenvalue weighted by Crippen LogP contribution is -2.67. The van der Waals surface area contributed by atoms with Crippen LogP contribution >= 0.6 is 0 Å². The van der Waals surface area contributed by atoms with E-state index in [1.165, 1.54) is 25.1 Å². The summed E-state index contributed by atoms with van der Waals surface area (Å²) < 4.78 is 22.0. The van der Waals surface area contributed by atoms with E-state index < -0.39 is 60.2 Å². The smallest absolute Gasteiger partial charge is 0.303 e. The average Bonchev–Trinajstić information content (AvgIpc) is 2.99. The molecule has 0 bridgehead atoms. The minimum Gasteiger partial charge on any atom is -0.463 e. The Morgan fingerprint density at radius 1 is 0.939 bits per heavy atom. The van der Waals surface area contributed by atoms with Crippen molar-refractivity contribution in [3.05, 3.63) is 48.0 Å². The lowest BCUT2D eigenvalue weighted by atomic mass is 9.89. The van der Waals surface area contributed by atoms with Crippen LogP contribution in [0.15, 0.2) is 36.9 Å². The number of fused-ring (bicyclic) bond motifs is 1. The van der Waals surface area contributed by atoms with Gasteiger partial charge in [-0.2, -0.15) is 0 Å². The third kappa shape index (κ3) is 4.95. The van der Waals surface area contributed by atoms with Crippen LogP contribution in [0.1, 0.15) is 47.9 Å². The summed E-state index contributed by atoms with van der Waals surface area (Å²) in [6.07, 6.45) is -2.72. The van der Waals surface area contributed by atoms with Gasteiger partial charge in [-0.15, -0.1) is 6.58 Å². The van der Waals surface area contributed by atoms with E-state index in [0.29, 0.717) is 0 Å². The molecular formula is C23H25NO9. The van der Waals surface area contributed by atoms with Crippen molar-refractivity contribution >= 4 is 29.7 Å². The monoisotopic (exact) mass is 459 g/mol. The molecule has 176 valence electrons. The summed E-state index contributed by atoms with van der Waals surface area (Å²) >= 11 is 0. The molecule has 33 heavy (non-hydrogen) atoms. The van der Waals surface area contributed by atoms with Gasteiger partial charge in [-0.05, 0) is 18.6 Å². The molecule has 0 saturated carbocycles. The molecule has 0 spiro atoms. The second-order valence-electron chi connectivity index (χ2n) is 7.70. The van der Waals surface area contributed by atoms with E-state index in [0.717, 1.165) is 18.7 Å². The van der Waals surface area contributed by atoms with Crippen LogP contribution in [0.5, 0.6) is 0 Å². The first-order valence-corrected chi connectivity index (χ1v) is 10.4. The number of rotatable bonds is 7. The second-order valence-corrected chi connectivity index (χ2v) is 7.70. The molecule has 3 rings (SSSR count). The topological polar surface area (TPSA) is 126 Å². The van der Waals surface area contributed by atoms with Crippen LogP contribution < -0.4 is 0 Å². The number of imide groups is 1. The minimum atomic E-state index is -1.27. The Labute approximate surface area is 190 Å². The maximum absolute atomic E-state index is 13.2. The van der Waals surface area contributed by atoms with Crippen molar-refractivity contribution in [2.75, 3.05) is 6.61 Å². The zero-order chi connectivity index (χ0) is 24.3. The van der Waals surface area contributed by atoms with Crippen molar-refractivity contribution in [3.63, 3.8) is 0 Å². The Balaban J connectivity index is 2.08. The van der Waals surface area contributed by atoms with Gasteiger partial charge in [0, 0.05) is 20.8 Å². The van der Waals surface area contributed by atoms with Gasteiger partial charge in [0.2, 0.25) is 0 Å².